The highest BCUT2D eigenvalue weighted by Gasteiger charge is 2.54. The number of nitrogens with zero attached hydrogens (tertiary/aromatic N) is 1. The van der Waals surface area contributed by atoms with Crippen molar-refractivity contribution in [2.75, 3.05) is 32.7 Å². The van der Waals surface area contributed by atoms with Crippen LogP contribution in [-0.2, 0) is 0 Å². The van der Waals surface area contributed by atoms with E-state index in [0.717, 1.165) is 19.0 Å². The number of nitrogens with one attached hydrogen (secondary N) is 1. The molecule has 3 fully saturated rings. The molecule has 0 radical (unpaired) electrons. The first kappa shape index (κ1) is 10.1. The Labute approximate surface area is 91.8 Å². The Morgan fingerprint density at radius 1 is 1.27 bits per heavy atom. The van der Waals surface area contributed by atoms with Gasteiger partial charge in [-0.2, -0.15) is 0 Å². The molecule has 3 rings (SSSR count). The average molecular weight is 210 g/mol. The first-order valence-corrected chi connectivity index (χ1v) is 6.40. The summed E-state index contributed by atoms with van der Waals surface area (Å²) in [4.78, 5) is 2.51. The summed E-state index contributed by atoms with van der Waals surface area (Å²) in [5.41, 5.74) is 0.340. The van der Waals surface area contributed by atoms with Gasteiger partial charge < -0.3 is 10.4 Å². The zero-order valence-electron chi connectivity index (χ0n) is 9.41. The molecule has 0 aromatic heterocycles. The first-order valence-electron chi connectivity index (χ1n) is 6.40. The maximum atomic E-state index is 9.97. The third-order valence-corrected chi connectivity index (χ3v) is 4.54. The Bertz CT molecular complexity index is 234. The zero-order valence-corrected chi connectivity index (χ0v) is 9.41. The second-order valence-corrected chi connectivity index (χ2v) is 5.77. The molecule has 1 unspecified atom stereocenters. The monoisotopic (exact) mass is 210 g/mol. The van der Waals surface area contributed by atoms with Gasteiger partial charge in [0.2, 0.25) is 0 Å². The van der Waals surface area contributed by atoms with E-state index in [1.165, 1.54) is 45.3 Å². The van der Waals surface area contributed by atoms with Crippen LogP contribution in [0.3, 0.4) is 0 Å². The van der Waals surface area contributed by atoms with Gasteiger partial charge in [0.15, 0.2) is 0 Å². The molecule has 0 aromatic carbocycles. The summed E-state index contributed by atoms with van der Waals surface area (Å²) in [5.74, 6) is 0.868. The van der Waals surface area contributed by atoms with Gasteiger partial charge in [0.1, 0.15) is 0 Å². The minimum Gasteiger partial charge on any atom is -0.391 e. The fraction of sp³-hybridized carbons (Fsp3) is 1.00. The minimum absolute atomic E-state index is 0.0285. The summed E-state index contributed by atoms with van der Waals surface area (Å²) in [6.45, 7) is 5.70. The average Bonchev–Trinajstić information content (AvgIpc) is 2.93. The third kappa shape index (κ3) is 1.93. The highest BCUT2D eigenvalue weighted by atomic mass is 16.3. The zero-order chi connectivity index (χ0) is 10.3. The van der Waals surface area contributed by atoms with Gasteiger partial charge in [-0.15, -0.1) is 0 Å². The highest BCUT2D eigenvalue weighted by Crippen LogP contribution is 2.52. The van der Waals surface area contributed by atoms with Crippen LogP contribution in [0.1, 0.15) is 25.7 Å². The highest BCUT2D eigenvalue weighted by molar-refractivity contribution is 5.06. The van der Waals surface area contributed by atoms with Crippen LogP contribution < -0.4 is 5.32 Å². The fourth-order valence-corrected chi connectivity index (χ4v) is 3.27. The van der Waals surface area contributed by atoms with E-state index in [1.807, 2.05) is 0 Å². The molecule has 3 aliphatic rings. The molecule has 0 aromatic rings. The Kier molecular flexibility index (Phi) is 2.49. The number of hydrogen-bond donors (Lipinski definition) is 2. The van der Waals surface area contributed by atoms with Gasteiger partial charge in [0.25, 0.3) is 0 Å². The van der Waals surface area contributed by atoms with E-state index in [2.05, 4.69) is 10.2 Å². The van der Waals surface area contributed by atoms with Gasteiger partial charge in [0, 0.05) is 25.0 Å². The molecule has 2 N–H and O–H groups in total. The van der Waals surface area contributed by atoms with Crippen LogP contribution in [0.2, 0.25) is 0 Å². The van der Waals surface area contributed by atoms with Crippen LogP contribution in [0.15, 0.2) is 0 Å². The normalized spacial score (nSPS) is 36.2. The second kappa shape index (κ2) is 3.72. The van der Waals surface area contributed by atoms with Crippen LogP contribution >= 0.6 is 0 Å². The maximum absolute atomic E-state index is 9.97. The molecule has 1 saturated carbocycles. The van der Waals surface area contributed by atoms with E-state index in [9.17, 15) is 5.11 Å². The molecular weight excluding hydrogens is 188 g/mol. The van der Waals surface area contributed by atoms with Crippen molar-refractivity contribution in [2.24, 2.45) is 11.3 Å². The van der Waals surface area contributed by atoms with Crippen molar-refractivity contribution in [1.82, 2.24) is 10.2 Å². The molecule has 3 heteroatoms. The van der Waals surface area contributed by atoms with Crippen LogP contribution in [0, 0.1) is 11.3 Å². The van der Waals surface area contributed by atoms with E-state index in [1.54, 1.807) is 0 Å². The van der Waals surface area contributed by atoms with E-state index in [4.69, 9.17) is 0 Å². The van der Waals surface area contributed by atoms with Gasteiger partial charge in [-0.1, -0.05) is 0 Å². The SMILES string of the molecule is OC1CN(CC2CCNCC2)CC12CC2. The van der Waals surface area contributed by atoms with Gasteiger partial charge in [-0.05, 0) is 44.7 Å². The lowest BCUT2D eigenvalue weighted by Crippen LogP contribution is -2.35. The van der Waals surface area contributed by atoms with Crippen LogP contribution in [0.25, 0.3) is 0 Å². The van der Waals surface area contributed by atoms with E-state index >= 15 is 0 Å². The van der Waals surface area contributed by atoms with Gasteiger partial charge >= 0.3 is 0 Å². The van der Waals surface area contributed by atoms with E-state index in [-0.39, 0.29) is 6.10 Å². The number of aliphatic hydroxyl groups excluding tert-OH is 1. The Hall–Kier alpha value is -0.120. The van der Waals surface area contributed by atoms with Crippen molar-refractivity contribution in [3.05, 3.63) is 0 Å². The van der Waals surface area contributed by atoms with Crippen molar-refractivity contribution in [3.63, 3.8) is 0 Å². The molecule has 0 bridgehead atoms. The fourth-order valence-electron chi connectivity index (χ4n) is 3.27. The summed E-state index contributed by atoms with van der Waals surface area (Å²) in [6.07, 6.45) is 5.13. The minimum atomic E-state index is -0.0285. The van der Waals surface area contributed by atoms with Crippen molar-refractivity contribution < 1.29 is 5.11 Å². The molecule has 1 spiro atoms. The molecule has 2 heterocycles. The third-order valence-electron chi connectivity index (χ3n) is 4.54. The number of aliphatic hydroxyl groups is 1. The summed E-state index contributed by atoms with van der Waals surface area (Å²) in [6, 6.07) is 0. The second-order valence-electron chi connectivity index (χ2n) is 5.77. The lowest BCUT2D eigenvalue weighted by Gasteiger charge is -2.27. The van der Waals surface area contributed by atoms with Crippen molar-refractivity contribution >= 4 is 0 Å². The summed E-state index contributed by atoms with van der Waals surface area (Å²) < 4.78 is 0. The Morgan fingerprint density at radius 2 is 2.00 bits per heavy atom. The van der Waals surface area contributed by atoms with Gasteiger partial charge in [0.05, 0.1) is 6.10 Å². The van der Waals surface area contributed by atoms with E-state index in [0.29, 0.717) is 5.41 Å². The quantitative estimate of drug-likeness (QED) is 0.694. The maximum Gasteiger partial charge on any atom is 0.0735 e. The van der Waals surface area contributed by atoms with Gasteiger partial charge in [-0.25, -0.2) is 0 Å². The van der Waals surface area contributed by atoms with Crippen LogP contribution in [-0.4, -0.2) is 48.8 Å². The van der Waals surface area contributed by atoms with Crippen molar-refractivity contribution in [2.45, 2.75) is 31.8 Å². The number of hydrogen-bond acceptors (Lipinski definition) is 3. The number of rotatable bonds is 2. The topological polar surface area (TPSA) is 35.5 Å². The lowest BCUT2D eigenvalue weighted by molar-refractivity contribution is 0.129. The molecule has 15 heavy (non-hydrogen) atoms. The Morgan fingerprint density at radius 3 is 2.60 bits per heavy atom. The summed E-state index contributed by atoms with van der Waals surface area (Å²) >= 11 is 0. The molecule has 2 aliphatic heterocycles. The van der Waals surface area contributed by atoms with Crippen molar-refractivity contribution in [3.8, 4) is 0 Å². The summed E-state index contributed by atoms with van der Waals surface area (Å²) in [5, 5.41) is 13.4. The van der Waals surface area contributed by atoms with Crippen LogP contribution in [0.5, 0.6) is 0 Å². The predicted octanol–water partition coefficient (Wildman–Crippen LogP) is 0.443. The number of likely N-dealkylation sites (tertiary alicyclic amines) is 1. The predicted molar refractivity (Wildman–Crippen MR) is 59.7 cm³/mol. The lowest BCUT2D eigenvalue weighted by atomic mass is 9.97. The molecule has 0 amide bonds. The van der Waals surface area contributed by atoms with Gasteiger partial charge in [-0.3, -0.25) is 4.90 Å². The summed E-state index contributed by atoms with van der Waals surface area (Å²) in [7, 11) is 0. The molecule has 1 aliphatic carbocycles. The van der Waals surface area contributed by atoms with E-state index < -0.39 is 0 Å². The molecule has 3 nitrogen and oxygen atoms in total. The molecule has 1 atom stereocenters. The molecule has 86 valence electrons. The number of piperidine rings is 1. The smallest absolute Gasteiger partial charge is 0.0735 e. The standard InChI is InChI=1S/C12H22N2O/c15-11-8-14(9-12(11)3-4-12)7-10-1-5-13-6-2-10/h10-11,13,15H,1-9H2. The first-order chi connectivity index (χ1) is 7.28. The largest absolute Gasteiger partial charge is 0.391 e. The molecule has 2 saturated heterocycles. The number of β-amino-alcohol motifs (C(OH)–C–C–N with tert-alkyl or cyclic N) is 1. The van der Waals surface area contributed by atoms with Crippen LogP contribution in [0.4, 0.5) is 0 Å². The van der Waals surface area contributed by atoms with Crippen molar-refractivity contribution in [1.29, 1.82) is 0 Å². The Balaban J connectivity index is 1.51. The molecular formula is C12H22N2O.